The summed E-state index contributed by atoms with van der Waals surface area (Å²) in [5.41, 5.74) is 4.46. The molecule has 2 atom stereocenters. The Morgan fingerprint density at radius 1 is 0.703 bits per heavy atom. The van der Waals surface area contributed by atoms with Gasteiger partial charge in [-0.25, -0.2) is 0 Å². The highest BCUT2D eigenvalue weighted by Crippen LogP contribution is 2.48. The van der Waals surface area contributed by atoms with E-state index >= 15 is 0 Å². The third-order valence-electron chi connectivity index (χ3n) is 7.71. The number of hydrogen-bond acceptors (Lipinski definition) is 4. The molecule has 4 aromatic carbocycles. The highest BCUT2D eigenvalue weighted by atomic mass is 16.6. The summed E-state index contributed by atoms with van der Waals surface area (Å²) in [5, 5.41) is 0. The van der Waals surface area contributed by atoms with Gasteiger partial charge in [0.05, 0.1) is 0 Å². The second-order valence-corrected chi connectivity index (χ2v) is 9.79. The van der Waals surface area contributed by atoms with Crippen molar-refractivity contribution in [1.82, 2.24) is 0 Å². The van der Waals surface area contributed by atoms with Crippen molar-refractivity contribution >= 4 is 17.5 Å². The van der Waals surface area contributed by atoms with E-state index in [-0.39, 0.29) is 24.5 Å². The van der Waals surface area contributed by atoms with Gasteiger partial charge in [-0.1, -0.05) is 109 Å². The predicted octanol–water partition coefficient (Wildman–Crippen LogP) is 6.03. The number of fused-ring (bicyclic) bond motifs is 3. The highest BCUT2D eigenvalue weighted by Gasteiger charge is 2.58. The number of cyclic esters (lactones) is 1. The number of ketones is 2. The minimum Gasteiger partial charge on any atom is -0.445 e. The molecule has 4 heteroatoms. The molecular weight excluding hydrogens is 460 g/mol. The molecule has 1 aliphatic carbocycles. The van der Waals surface area contributed by atoms with E-state index in [0.29, 0.717) is 12.0 Å². The maximum absolute atomic E-state index is 14.0. The molecule has 0 radical (unpaired) electrons. The molecule has 6 rings (SSSR count). The van der Waals surface area contributed by atoms with Gasteiger partial charge in [-0.3, -0.25) is 14.4 Å². The number of carbonyl (C=O) groups excluding carboxylic acids is 3. The minimum atomic E-state index is -1.47. The molecule has 2 unspecified atom stereocenters. The molecule has 1 heterocycles. The second-order valence-electron chi connectivity index (χ2n) is 9.79. The van der Waals surface area contributed by atoms with Gasteiger partial charge in [-0.05, 0) is 34.2 Å². The zero-order valence-electron chi connectivity index (χ0n) is 20.3. The molecule has 1 saturated heterocycles. The van der Waals surface area contributed by atoms with Crippen LogP contribution in [0.2, 0.25) is 0 Å². The Kier molecular flexibility index (Phi) is 5.80. The second kappa shape index (κ2) is 9.29. The van der Waals surface area contributed by atoms with E-state index in [2.05, 4.69) is 12.1 Å². The molecule has 2 aliphatic rings. The minimum absolute atomic E-state index is 0.0725. The van der Waals surface area contributed by atoms with Crippen molar-refractivity contribution in [2.75, 3.05) is 0 Å². The van der Waals surface area contributed by atoms with Crippen molar-refractivity contribution in [1.29, 1.82) is 0 Å². The molecule has 37 heavy (non-hydrogen) atoms. The van der Waals surface area contributed by atoms with E-state index in [0.717, 1.165) is 27.8 Å². The lowest BCUT2D eigenvalue weighted by Gasteiger charge is -2.27. The van der Waals surface area contributed by atoms with Crippen LogP contribution >= 0.6 is 0 Å². The fraction of sp³-hybridized carbons (Fsp3) is 0.182. The number of benzene rings is 4. The predicted molar refractivity (Wildman–Crippen MR) is 141 cm³/mol. The zero-order chi connectivity index (χ0) is 25.4. The maximum Gasteiger partial charge on any atom is 0.325 e. The van der Waals surface area contributed by atoms with Crippen molar-refractivity contribution < 1.29 is 19.1 Å². The largest absolute Gasteiger partial charge is 0.445 e. The topological polar surface area (TPSA) is 60.4 Å². The van der Waals surface area contributed by atoms with Crippen LogP contribution in [0.4, 0.5) is 0 Å². The van der Waals surface area contributed by atoms with Crippen LogP contribution in [-0.2, 0) is 31.1 Å². The van der Waals surface area contributed by atoms with Gasteiger partial charge in [-0.15, -0.1) is 0 Å². The number of rotatable bonds is 7. The van der Waals surface area contributed by atoms with Crippen molar-refractivity contribution in [2.24, 2.45) is 5.92 Å². The molecule has 4 aromatic rings. The van der Waals surface area contributed by atoms with Crippen molar-refractivity contribution in [3.8, 4) is 11.1 Å². The molecule has 182 valence electrons. The van der Waals surface area contributed by atoms with Crippen LogP contribution in [0.1, 0.15) is 41.0 Å². The molecule has 0 aromatic heterocycles. The summed E-state index contributed by atoms with van der Waals surface area (Å²) < 4.78 is 5.90. The Morgan fingerprint density at radius 3 is 1.86 bits per heavy atom. The first kappa shape index (κ1) is 23.1. The SMILES string of the molecule is O=C(CC1c2ccccc2-c2ccccc21)C1C(=O)OC(CCc2ccccc2)(c2ccccc2)C1=O. The monoisotopic (exact) mass is 486 g/mol. The highest BCUT2D eigenvalue weighted by molar-refractivity contribution is 6.23. The quantitative estimate of drug-likeness (QED) is 0.236. The first-order chi connectivity index (χ1) is 18.1. The molecule has 1 fully saturated rings. The van der Waals surface area contributed by atoms with Gasteiger partial charge < -0.3 is 4.74 Å². The summed E-state index contributed by atoms with van der Waals surface area (Å²) in [6, 6.07) is 34.9. The molecule has 1 aliphatic heterocycles. The Bertz CT molecular complexity index is 1450. The van der Waals surface area contributed by atoms with E-state index in [1.54, 1.807) is 12.1 Å². The van der Waals surface area contributed by atoms with Crippen LogP contribution in [-0.4, -0.2) is 17.5 Å². The summed E-state index contributed by atoms with van der Waals surface area (Å²) >= 11 is 0. The van der Waals surface area contributed by atoms with E-state index in [9.17, 15) is 14.4 Å². The molecule has 0 amide bonds. The maximum atomic E-state index is 14.0. The van der Waals surface area contributed by atoms with Gasteiger partial charge in [0.1, 0.15) is 0 Å². The van der Waals surface area contributed by atoms with Crippen LogP contribution in [0.5, 0.6) is 0 Å². The lowest BCUT2D eigenvalue weighted by atomic mass is 9.78. The number of esters is 1. The summed E-state index contributed by atoms with van der Waals surface area (Å²) in [6.07, 6.45) is 0.895. The van der Waals surface area contributed by atoms with Gasteiger partial charge in [-0.2, -0.15) is 0 Å². The number of aryl methyl sites for hydroxylation is 1. The number of hydrogen-bond donors (Lipinski definition) is 0. The van der Waals surface area contributed by atoms with Crippen LogP contribution < -0.4 is 0 Å². The number of carbonyl (C=O) groups is 3. The normalized spacial score (nSPS) is 20.4. The standard InChI is InChI=1S/C33H26O4/c34-29(21-28-26-17-9-7-15-24(26)25-16-8-10-18-27(25)28)30-31(35)33(37-32(30)36,23-13-5-2-6-14-23)20-19-22-11-3-1-4-12-22/h1-18,28,30H,19-21H2. The summed E-state index contributed by atoms with van der Waals surface area (Å²) in [7, 11) is 0. The Hall–Kier alpha value is -4.31. The van der Waals surface area contributed by atoms with Crippen LogP contribution in [0, 0.1) is 5.92 Å². The summed E-state index contributed by atoms with van der Waals surface area (Å²) in [6.45, 7) is 0. The van der Waals surface area contributed by atoms with Gasteiger partial charge in [0.25, 0.3) is 0 Å². The van der Waals surface area contributed by atoms with Gasteiger partial charge in [0.15, 0.2) is 17.3 Å². The van der Waals surface area contributed by atoms with E-state index in [4.69, 9.17) is 4.74 Å². The Morgan fingerprint density at radius 2 is 1.24 bits per heavy atom. The number of Topliss-reactive ketones (excluding diaryl/α,β-unsaturated/α-hetero) is 2. The van der Waals surface area contributed by atoms with Gasteiger partial charge in [0, 0.05) is 24.3 Å². The van der Waals surface area contributed by atoms with Crippen LogP contribution in [0.25, 0.3) is 11.1 Å². The average Bonchev–Trinajstić information content (AvgIpc) is 3.40. The lowest BCUT2D eigenvalue weighted by Crippen LogP contribution is -2.37. The molecule has 0 saturated carbocycles. The third-order valence-corrected chi connectivity index (χ3v) is 7.71. The first-order valence-electron chi connectivity index (χ1n) is 12.7. The van der Waals surface area contributed by atoms with Gasteiger partial charge in [0.2, 0.25) is 5.78 Å². The first-order valence-corrected chi connectivity index (χ1v) is 12.7. The summed E-state index contributed by atoms with van der Waals surface area (Å²) in [4.78, 5) is 40.9. The fourth-order valence-corrected chi connectivity index (χ4v) is 5.89. The van der Waals surface area contributed by atoms with Crippen LogP contribution in [0.3, 0.4) is 0 Å². The molecule has 0 bridgehead atoms. The Labute approximate surface area is 215 Å². The average molecular weight is 487 g/mol. The molecule has 0 spiro atoms. The van der Waals surface area contributed by atoms with Crippen LogP contribution in [0.15, 0.2) is 109 Å². The van der Waals surface area contributed by atoms with E-state index in [1.165, 1.54) is 0 Å². The fourth-order valence-electron chi connectivity index (χ4n) is 5.89. The van der Waals surface area contributed by atoms with Gasteiger partial charge >= 0.3 is 5.97 Å². The van der Waals surface area contributed by atoms with Crippen molar-refractivity contribution in [3.63, 3.8) is 0 Å². The molecule has 4 nitrogen and oxygen atoms in total. The molecule has 0 N–H and O–H groups in total. The molecular formula is C33H26O4. The smallest absolute Gasteiger partial charge is 0.325 e. The van der Waals surface area contributed by atoms with E-state index < -0.39 is 23.3 Å². The zero-order valence-corrected chi connectivity index (χ0v) is 20.3. The Balaban J connectivity index is 1.32. The van der Waals surface area contributed by atoms with Crippen molar-refractivity contribution in [2.45, 2.75) is 30.8 Å². The number of ether oxygens (including phenoxy) is 1. The third kappa shape index (κ3) is 3.89. The van der Waals surface area contributed by atoms with Crippen molar-refractivity contribution in [3.05, 3.63) is 131 Å². The van der Waals surface area contributed by atoms with E-state index in [1.807, 2.05) is 84.9 Å². The summed E-state index contributed by atoms with van der Waals surface area (Å²) in [5.74, 6) is -3.20. The lowest BCUT2D eigenvalue weighted by molar-refractivity contribution is -0.155.